The van der Waals surface area contributed by atoms with Crippen LogP contribution in [0.15, 0.2) is 103 Å². The van der Waals surface area contributed by atoms with Crippen LogP contribution >= 0.6 is 0 Å². The first-order valence-electron chi connectivity index (χ1n) is 13.9. The molecule has 2 aliphatic heterocycles. The van der Waals surface area contributed by atoms with Gasteiger partial charge in [-0.2, -0.15) is 0 Å². The molecule has 0 aromatic heterocycles. The maximum absolute atomic E-state index is 13.3. The van der Waals surface area contributed by atoms with E-state index in [4.69, 9.17) is 0 Å². The van der Waals surface area contributed by atoms with Gasteiger partial charge >= 0.3 is 0 Å². The van der Waals surface area contributed by atoms with Gasteiger partial charge in [0.1, 0.15) is 0 Å². The van der Waals surface area contributed by atoms with E-state index in [9.17, 15) is 14.4 Å². The highest BCUT2D eigenvalue weighted by atomic mass is 16.2. The van der Waals surface area contributed by atoms with Crippen LogP contribution in [0.25, 0.3) is 5.57 Å². The first kappa shape index (κ1) is 27.0. The quantitative estimate of drug-likeness (QED) is 0.210. The smallest absolute Gasteiger partial charge is 0.257 e. The lowest BCUT2D eigenvalue weighted by molar-refractivity contribution is -0.110. The predicted octanol–water partition coefficient (Wildman–Crippen LogP) is 5.33. The molecule has 210 valence electrons. The van der Waals surface area contributed by atoms with Gasteiger partial charge in [0.05, 0.1) is 5.57 Å². The third kappa shape index (κ3) is 5.80. The lowest BCUT2D eigenvalue weighted by atomic mass is 9.99. The highest BCUT2D eigenvalue weighted by molar-refractivity contribution is 6.32. The molecular formula is C34H31N5O3. The van der Waals surface area contributed by atoms with Crippen molar-refractivity contribution in [3.63, 3.8) is 0 Å². The van der Waals surface area contributed by atoms with Crippen molar-refractivity contribution in [3.05, 3.63) is 126 Å². The summed E-state index contributed by atoms with van der Waals surface area (Å²) in [5, 5.41) is 8.96. The maximum atomic E-state index is 13.3. The van der Waals surface area contributed by atoms with Gasteiger partial charge in [-0.25, -0.2) is 0 Å². The molecule has 8 nitrogen and oxygen atoms in total. The Labute approximate surface area is 244 Å². The van der Waals surface area contributed by atoms with Crippen LogP contribution in [-0.4, -0.2) is 55.7 Å². The van der Waals surface area contributed by atoms with Crippen molar-refractivity contribution >= 4 is 45.9 Å². The lowest BCUT2D eigenvalue weighted by Crippen LogP contribution is -2.44. The summed E-state index contributed by atoms with van der Waals surface area (Å²) in [4.78, 5) is 43.4. The largest absolute Gasteiger partial charge is 0.369 e. The Morgan fingerprint density at radius 1 is 0.762 bits per heavy atom. The average molecular weight is 558 g/mol. The summed E-state index contributed by atoms with van der Waals surface area (Å²) in [5.74, 6) is -0.694. The van der Waals surface area contributed by atoms with E-state index in [2.05, 4.69) is 44.9 Å². The van der Waals surface area contributed by atoms with Crippen molar-refractivity contribution < 1.29 is 14.4 Å². The van der Waals surface area contributed by atoms with Crippen molar-refractivity contribution in [2.75, 3.05) is 54.1 Å². The molecule has 0 saturated carbocycles. The van der Waals surface area contributed by atoms with Crippen LogP contribution in [0.2, 0.25) is 0 Å². The van der Waals surface area contributed by atoms with Gasteiger partial charge in [0.15, 0.2) is 5.78 Å². The molecule has 1 saturated heterocycles. The number of nitrogens with zero attached hydrogens (tertiary/aromatic N) is 2. The Kier molecular flexibility index (Phi) is 7.53. The van der Waals surface area contributed by atoms with E-state index in [0.717, 1.165) is 37.4 Å². The average Bonchev–Trinajstić information content (AvgIpc) is 3.34. The monoisotopic (exact) mass is 557 g/mol. The second kappa shape index (κ2) is 11.7. The van der Waals surface area contributed by atoms with E-state index in [1.54, 1.807) is 72.9 Å². The third-order valence-electron chi connectivity index (χ3n) is 7.60. The molecule has 2 amide bonds. The number of rotatable bonds is 7. The van der Waals surface area contributed by atoms with E-state index in [-0.39, 0.29) is 17.6 Å². The van der Waals surface area contributed by atoms with Crippen LogP contribution in [0.3, 0.4) is 0 Å². The van der Waals surface area contributed by atoms with E-state index >= 15 is 0 Å². The van der Waals surface area contributed by atoms with E-state index in [0.29, 0.717) is 33.6 Å². The minimum atomic E-state index is -0.251. The Morgan fingerprint density at radius 2 is 1.48 bits per heavy atom. The molecule has 0 spiro atoms. The number of amides is 2. The molecule has 42 heavy (non-hydrogen) atoms. The van der Waals surface area contributed by atoms with Gasteiger partial charge in [-0.1, -0.05) is 42.5 Å². The summed E-state index contributed by atoms with van der Waals surface area (Å²) in [6.07, 6.45) is 1.70. The molecule has 8 heteroatoms. The second-order valence-electron chi connectivity index (χ2n) is 10.5. The summed E-state index contributed by atoms with van der Waals surface area (Å²) < 4.78 is 0. The Morgan fingerprint density at radius 3 is 2.24 bits per heavy atom. The molecule has 4 aromatic rings. The Balaban J connectivity index is 1.14. The highest BCUT2D eigenvalue weighted by Gasteiger charge is 2.25. The summed E-state index contributed by atoms with van der Waals surface area (Å²) in [6, 6.07) is 29.1. The zero-order valence-electron chi connectivity index (χ0n) is 23.3. The zero-order valence-corrected chi connectivity index (χ0v) is 23.3. The van der Waals surface area contributed by atoms with Crippen LogP contribution in [0, 0.1) is 0 Å². The molecule has 0 unspecified atom stereocenters. The van der Waals surface area contributed by atoms with Gasteiger partial charge in [0.2, 0.25) is 0 Å². The molecule has 2 aliphatic rings. The Bertz CT molecular complexity index is 1670. The van der Waals surface area contributed by atoms with Gasteiger partial charge in [0, 0.05) is 77.4 Å². The van der Waals surface area contributed by atoms with Crippen molar-refractivity contribution in [1.29, 1.82) is 0 Å². The van der Waals surface area contributed by atoms with Gasteiger partial charge in [-0.05, 0) is 61.6 Å². The minimum absolute atomic E-state index is 0.209. The van der Waals surface area contributed by atoms with Crippen molar-refractivity contribution in [1.82, 2.24) is 4.90 Å². The number of benzene rings is 4. The Hall–Kier alpha value is -5.21. The number of nitrogens with one attached hydrogen (secondary N) is 3. The number of carbonyl (C=O) groups is 3. The minimum Gasteiger partial charge on any atom is -0.369 e. The first-order chi connectivity index (χ1) is 20.4. The normalized spacial score (nSPS) is 15.7. The van der Waals surface area contributed by atoms with E-state index < -0.39 is 0 Å². The summed E-state index contributed by atoms with van der Waals surface area (Å²) in [6.45, 7) is 4.11. The molecule has 1 fully saturated rings. The fourth-order valence-electron chi connectivity index (χ4n) is 5.17. The molecular weight excluding hydrogens is 526 g/mol. The number of fused-ring (bicyclic) bond motifs is 1. The number of ketones is 1. The molecule has 6 rings (SSSR count). The predicted molar refractivity (Wildman–Crippen MR) is 167 cm³/mol. The maximum Gasteiger partial charge on any atom is 0.257 e. The standard InChI is InChI=1S/C34H31N5O3/c1-38-16-18-39(19-17-38)28-13-11-26(12-14-28)35-22-30-29-15-10-25(21-31(29)37-34(30)42)32(40)24-8-5-9-27(20-24)36-33(41)23-6-3-2-4-7-23/h2-15,20-22,35H,16-19H2,1H3,(H,36,41)(H,37,42)/b30-22+. The second-order valence-corrected chi connectivity index (χ2v) is 10.5. The van der Waals surface area contributed by atoms with Gasteiger partial charge < -0.3 is 25.8 Å². The van der Waals surface area contributed by atoms with E-state index in [1.807, 2.05) is 18.2 Å². The summed E-state index contributed by atoms with van der Waals surface area (Å²) in [5.41, 5.74) is 5.80. The summed E-state index contributed by atoms with van der Waals surface area (Å²) in [7, 11) is 2.14. The fraction of sp³-hybridized carbons (Fsp3) is 0.147. The first-order valence-corrected chi connectivity index (χ1v) is 13.9. The zero-order chi connectivity index (χ0) is 29.1. The number of anilines is 4. The van der Waals surface area contributed by atoms with Crippen molar-refractivity contribution in [2.24, 2.45) is 0 Å². The van der Waals surface area contributed by atoms with Crippen LogP contribution in [0.5, 0.6) is 0 Å². The topological polar surface area (TPSA) is 93.8 Å². The van der Waals surface area contributed by atoms with Gasteiger partial charge in [-0.15, -0.1) is 0 Å². The highest BCUT2D eigenvalue weighted by Crippen LogP contribution is 2.33. The van der Waals surface area contributed by atoms with Crippen LogP contribution < -0.4 is 20.9 Å². The third-order valence-corrected chi connectivity index (χ3v) is 7.60. The van der Waals surface area contributed by atoms with Crippen LogP contribution in [0.1, 0.15) is 31.8 Å². The number of hydrogen-bond donors (Lipinski definition) is 3. The number of hydrogen-bond acceptors (Lipinski definition) is 6. The number of piperazine rings is 1. The molecule has 0 aliphatic carbocycles. The molecule has 0 bridgehead atoms. The van der Waals surface area contributed by atoms with Crippen molar-refractivity contribution in [3.8, 4) is 0 Å². The van der Waals surface area contributed by atoms with Gasteiger partial charge in [0.25, 0.3) is 11.8 Å². The SMILES string of the molecule is CN1CCN(c2ccc(N/C=C3/C(=O)Nc4cc(C(=O)c5cccc(NC(=O)c6ccccc6)c5)ccc43)cc2)CC1. The molecule has 3 N–H and O–H groups in total. The lowest BCUT2D eigenvalue weighted by Gasteiger charge is -2.34. The fourth-order valence-corrected chi connectivity index (χ4v) is 5.17. The summed E-state index contributed by atoms with van der Waals surface area (Å²) >= 11 is 0. The molecule has 2 heterocycles. The van der Waals surface area contributed by atoms with Crippen LogP contribution in [-0.2, 0) is 4.79 Å². The molecule has 4 aromatic carbocycles. The van der Waals surface area contributed by atoms with Gasteiger partial charge in [-0.3, -0.25) is 14.4 Å². The van der Waals surface area contributed by atoms with Crippen LogP contribution in [0.4, 0.5) is 22.7 Å². The van der Waals surface area contributed by atoms with Crippen molar-refractivity contribution in [2.45, 2.75) is 0 Å². The number of likely N-dealkylation sites (N-methyl/N-ethyl adjacent to an activating group) is 1. The van der Waals surface area contributed by atoms with E-state index in [1.165, 1.54) is 5.69 Å². The molecule has 0 radical (unpaired) electrons. The molecule has 0 atom stereocenters. The number of carbonyl (C=O) groups excluding carboxylic acids is 3.